The van der Waals surface area contributed by atoms with E-state index in [2.05, 4.69) is 20.6 Å². The van der Waals surface area contributed by atoms with Gasteiger partial charge in [0.1, 0.15) is 18.0 Å². The van der Waals surface area contributed by atoms with Crippen molar-refractivity contribution >= 4 is 11.6 Å². The zero-order chi connectivity index (χ0) is 11.2. The van der Waals surface area contributed by atoms with Crippen molar-refractivity contribution in [3.63, 3.8) is 0 Å². The van der Waals surface area contributed by atoms with E-state index in [1.165, 1.54) is 12.8 Å². The highest BCUT2D eigenvalue weighted by molar-refractivity contribution is 5.45. The summed E-state index contributed by atoms with van der Waals surface area (Å²) in [5.41, 5.74) is 0. The van der Waals surface area contributed by atoms with Crippen LogP contribution in [-0.4, -0.2) is 36.8 Å². The fourth-order valence-corrected chi connectivity index (χ4v) is 1.38. The second-order valence-corrected chi connectivity index (χ2v) is 3.98. The molecular weight excluding hydrogens is 204 g/mol. The Morgan fingerprint density at radius 2 is 2.19 bits per heavy atom. The van der Waals surface area contributed by atoms with Crippen molar-refractivity contribution in [3.05, 3.63) is 12.4 Å². The van der Waals surface area contributed by atoms with Gasteiger partial charge in [-0.2, -0.15) is 0 Å². The molecule has 0 unspecified atom stereocenters. The molecule has 1 aliphatic rings. The summed E-state index contributed by atoms with van der Waals surface area (Å²) >= 11 is 0. The Morgan fingerprint density at radius 3 is 2.94 bits per heavy atom. The van der Waals surface area contributed by atoms with E-state index in [1.807, 2.05) is 13.1 Å². The summed E-state index contributed by atoms with van der Waals surface area (Å²) in [6, 6.07) is 1.88. The number of aromatic nitrogens is 2. The van der Waals surface area contributed by atoms with Crippen LogP contribution in [0.2, 0.25) is 0 Å². The molecule has 2 N–H and O–H groups in total. The molecule has 0 aromatic carbocycles. The van der Waals surface area contributed by atoms with Crippen LogP contribution in [0.1, 0.15) is 12.8 Å². The normalized spacial score (nSPS) is 14.8. The minimum Gasteiger partial charge on any atom is -0.379 e. The zero-order valence-electron chi connectivity index (χ0n) is 9.57. The minimum absolute atomic E-state index is 0.732. The third-order valence-electron chi connectivity index (χ3n) is 2.53. The molecule has 5 heteroatoms. The van der Waals surface area contributed by atoms with Crippen LogP contribution in [0.5, 0.6) is 0 Å². The summed E-state index contributed by atoms with van der Waals surface area (Å²) in [7, 11) is 1.84. The Bertz CT molecular complexity index is 328. The van der Waals surface area contributed by atoms with Crippen LogP contribution in [0.4, 0.5) is 11.6 Å². The molecule has 0 radical (unpaired) electrons. The molecule has 2 rings (SSSR count). The first kappa shape index (κ1) is 11.1. The fraction of sp³-hybridized carbons (Fsp3) is 0.636. The summed E-state index contributed by atoms with van der Waals surface area (Å²) in [6.45, 7) is 2.43. The number of nitrogens with one attached hydrogen (secondary N) is 2. The smallest absolute Gasteiger partial charge is 0.131 e. The van der Waals surface area contributed by atoms with Crippen molar-refractivity contribution in [3.8, 4) is 0 Å². The molecule has 1 saturated carbocycles. The summed E-state index contributed by atoms with van der Waals surface area (Å²) in [5.74, 6) is 2.47. The van der Waals surface area contributed by atoms with Gasteiger partial charge in [-0.3, -0.25) is 0 Å². The van der Waals surface area contributed by atoms with Crippen LogP contribution < -0.4 is 10.6 Å². The average Bonchev–Trinajstić information content (AvgIpc) is 3.13. The third-order valence-corrected chi connectivity index (χ3v) is 2.53. The van der Waals surface area contributed by atoms with E-state index in [4.69, 9.17) is 4.74 Å². The molecule has 1 heterocycles. The van der Waals surface area contributed by atoms with Crippen LogP contribution >= 0.6 is 0 Å². The number of hydrogen-bond acceptors (Lipinski definition) is 5. The predicted molar refractivity (Wildman–Crippen MR) is 63.6 cm³/mol. The van der Waals surface area contributed by atoms with Gasteiger partial charge in [-0.1, -0.05) is 0 Å². The maximum Gasteiger partial charge on any atom is 0.131 e. The monoisotopic (exact) mass is 222 g/mol. The first-order valence-electron chi connectivity index (χ1n) is 5.70. The molecule has 0 atom stereocenters. The summed E-state index contributed by atoms with van der Waals surface area (Å²) in [5, 5.41) is 6.17. The van der Waals surface area contributed by atoms with Crippen LogP contribution in [0.25, 0.3) is 0 Å². The van der Waals surface area contributed by atoms with Gasteiger partial charge in [-0.15, -0.1) is 0 Å². The van der Waals surface area contributed by atoms with E-state index in [0.29, 0.717) is 0 Å². The maximum absolute atomic E-state index is 5.51. The van der Waals surface area contributed by atoms with Crippen molar-refractivity contribution in [1.29, 1.82) is 0 Å². The Kier molecular flexibility index (Phi) is 3.93. The zero-order valence-corrected chi connectivity index (χ0v) is 9.57. The van der Waals surface area contributed by atoms with Gasteiger partial charge in [-0.25, -0.2) is 9.97 Å². The van der Waals surface area contributed by atoms with E-state index >= 15 is 0 Å². The van der Waals surface area contributed by atoms with Crippen LogP contribution in [0.3, 0.4) is 0 Å². The van der Waals surface area contributed by atoms with E-state index in [9.17, 15) is 0 Å². The van der Waals surface area contributed by atoms with E-state index in [1.54, 1.807) is 6.33 Å². The molecule has 0 spiro atoms. The second kappa shape index (κ2) is 5.65. The van der Waals surface area contributed by atoms with Crippen molar-refractivity contribution in [2.75, 3.05) is 37.4 Å². The number of hydrogen-bond donors (Lipinski definition) is 2. The largest absolute Gasteiger partial charge is 0.379 e. The number of rotatable bonds is 7. The maximum atomic E-state index is 5.51. The minimum atomic E-state index is 0.732. The Hall–Kier alpha value is -1.36. The molecule has 0 saturated heterocycles. The molecule has 0 bridgehead atoms. The molecule has 1 aromatic rings. The molecule has 16 heavy (non-hydrogen) atoms. The molecule has 88 valence electrons. The van der Waals surface area contributed by atoms with Gasteiger partial charge in [0.2, 0.25) is 0 Å². The molecule has 1 fully saturated rings. The second-order valence-electron chi connectivity index (χ2n) is 3.98. The van der Waals surface area contributed by atoms with Gasteiger partial charge < -0.3 is 15.4 Å². The lowest BCUT2D eigenvalue weighted by molar-refractivity contribution is 0.134. The molecule has 0 aliphatic heterocycles. The van der Waals surface area contributed by atoms with E-state index in [-0.39, 0.29) is 0 Å². The van der Waals surface area contributed by atoms with Crippen LogP contribution in [0.15, 0.2) is 12.4 Å². The van der Waals surface area contributed by atoms with Gasteiger partial charge in [0, 0.05) is 26.3 Å². The first-order valence-corrected chi connectivity index (χ1v) is 5.70. The Balaban J connectivity index is 1.63. The van der Waals surface area contributed by atoms with Crippen molar-refractivity contribution in [1.82, 2.24) is 9.97 Å². The van der Waals surface area contributed by atoms with E-state index in [0.717, 1.165) is 37.3 Å². The SMILES string of the molecule is CNc1cc(NCCOCC2CC2)ncn1. The highest BCUT2D eigenvalue weighted by atomic mass is 16.5. The lowest BCUT2D eigenvalue weighted by Gasteiger charge is -2.07. The summed E-state index contributed by atoms with van der Waals surface area (Å²) in [6.07, 6.45) is 4.22. The van der Waals surface area contributed by atoms with Gasteiger partial charge in [0.15, 0.2) is 0 Å². The number of anilines is 2. The fourth-order valence-electron chi connectivity index (χ4n) is 1.38. The number of nitrogens with zero attached hydrogens (tertiary/aromatic N) is 2. The van der Waals surface area contributed by atoms with Crippen molar-refractivity contribution < 1.29 is 4.74 Å². The molecule has 1 aromatic heterocycles. The standard InChI is InChI=1S/C11H18N4O/c1-12-10-6-11(15-8-14-10)13-4-5-16-7-9-2-3-9/h6,8-9H,2-5,7H2,1H3,(H2,12,13,14,15). The highest BCUT2D eigenvalue weighted by Gasteiger charge is 2.20. The summed E-state index contributed by atoms with van der Waals surface area (Å²) < 4.78 is 5.51. The van der Waals surface area contributed by atoms with Crippen LogP contribution in [-0.2, 0) is 4.74 Å². The Labute approximate surface area is 95.6 Å². The highest BCUT2D eigenvalue weighted by Crippen LogP contribution is 2.28. The summed E-state index contributed by atoms with van der Waals surface area (Å²) in [4.78, 5) is 8.15. The lowest BCUT2D eigenvalue weighted by atomic mass is 10.5. The quantitative estimate of drug-likeness (QED) is 0.682. The molecule has 5 nitrogen and oxygen atoms in total. The average molecular weight is 222 g/mol. The molecular formula is C11H18N4O. The van der Waals surface area contributed by atoms with Crippen molar-refractivity contribution in [2.24, 2.45) is 5.92 Å². The van der Waals surface area contributed by atoms with Gasteiger partial charge in [0.25, 0.3) is 0 Å². The molecule has 1 aliphatic carbocycles. The number of ether oxygens (including phenoxy) is 1. The first-order chi connectivity index (χ1) is 7.88. The van der Waals surface area contributed by atoms with Crippen molar-refractivity contribution in [2.45, 2.75) is 12.8 Å². The topological polar surface area (TPSA) is 59.1 Å². The van der Waals surface area contributed by atoms with Gasteiger partial charge in [0.05, 0.1) is 6.61 Å². The Morgan fingerprint density at radius 1 is 1.38 bits per heavy atom. The van der Waals surface area contributed by atoms with Gasteiger partial charge >= 0.3 is 0 Å². The lowest BCUT2D eigenvalue weighted by Crippen LogP contribution is -2.11. The van der Waals surface area contributed by atoms with Crippen LogP contribution in [0, 0.1) is 5.92 Å². The molecule has 0 amide bonds. The third kappa shape index (κ3) is 3.66. The van der Waals surface area contributed by atoms with Gasteiger partial charge in [-0.05, 0) is 18.8 Å². The predicted octanol–water partition coefficient (Wildman–Crippen LogP) is 1.36. The van der Waals surface area contributed by atoms with E-state index < -0.39 is 0 Å².